The van der Waals surface area contributed by atoms with Crippen molar-refractivity contribution in [3.8, 4) is 17.2 Å². The molecule has 1 saturated heterocycles. The molecule has 1 amide bonds. The van der Waals surface area contributed by atoms with Gasteiger partial charge in [-0.15, -0.1) is 0 Å². The number of nitrogens with one attached hydrogen (secondary N) is 1. The number of carboxylic acid groups (broad SMARTS) is 1. The molecule has 3 aromatic rings. The first-order valence-electron chi connectivity index (χ1n) is 12.5. The van der Waals surface area contributed by atoms with E-state index in [4.69, 9.17) is 29.5 Å². The number of nitriles is 1. The lowest BCUT2D eigenvalue weighted by atomic mass is 9.90. The van der Waals surface area contributed by atoms with Gasteiger partial charge >= 0.3 is 17.9 Å². The van der Waals surface area contributed by atoms with Crippen LogP contribution in [0.5, 0.6) is 0 Å². The number of benzene rings is 2. The number of rotatable bonds is 8. The zero-order valence-corrected chi connectivity index (χ0v) is 22.1. The molecule has 0 unspecified atom stereocenters. The number of aromatic nitrogens is 1. The van der Waals surface area contributed by atoms with Gasteiger partial charge in [0, 0.05) is 26.7 Å². The van der Waals surface area contributed by atoms with Crippen LogP contribution in [-0.4, -0.2) is 66.2 Å². The molecule has 14 heteroatoms. The third-order valence-corrected chi connectivity index (χ3v) is 6.45. The number of oxazole rings is 1. The number of nitrogens with two attached hydrogens (primary N) is 1. The van der Waals surface area contributed by atoms with E-state index in [-0.39, 0.29) is 5.91 Å². The van der Waals surface area contributed by atoms with Crippen LogP contribution in [0.3, 0.4) is 0 Å². The average molecular weight is 579 g/mol. The second kappa shape index (κ2) is 13.4. The Balaban J connectivity index is 0.000000587. The standard InChI is InChI=1S/C25H28N4O5.C2HF3O2/c1-32-13-10-29-21-15-19(6-7-22(21)34-24(29)31)18-4-2-17(3-5-18)14-20(16-26)28-23(30)25(27)8-11-33-12-9-25;3-2(4,5)1(6)7/h2-7,15,20H,8-14,27H2,1H3,(H,28,30);(H,6,7)/t20-;/m0./s1. The van der Waals surface area contributed by atoms with Crippen molar-refractivity contribution in [3.63, 3.8) is 0 Å². The third-order valence-electron chi connectivity index (χ3n) is 6.45. The van der Waals surface area contributed by atoms with Crippen LogP contribution in [0, 0.1) is 11.3 Å². The van der Waals surface area contributed by atoms with Crippen LogP contribution in [-0.2, 0) is 32.0 Å². The van der Waals surface area contributed by atoms with Crippen LogP contribution in [0.4, 0.5) is 13.2 Å². The van der Waals surface area contributed by atoms with Gasteiger partial charge in [-0.05, 0) is 41.7 Å². The summed E-state index contributed by atoms with van der Waals surface area (Å²) in [7, 11) is 1.58. The maximum Gasteiger partial charge on any atom is 0.490 e. The lowest BCUT2D eigenvalue weighted by Gasteiger charge is -2.32. The van der Waals surface area contributed by atoms with E-state index < -0.39 is 29.5 Å². The summed E-state index contributed by atoms with van der Waals surface area (Å²) in [5.41, 5.74) is 9.26. The summed E-state index contributed by atoms with van der Waals surface area (Å²) in [5, 5.41) is 19.5. The van der Waals surface area contributed by atoms with E-state index in [1.165, 1.54) is 0 Å². The van der Waals surface area contributed by atoms with Crippen molar-refractivity contribution < 1.29 is 41.8 Å². The highest BCUT2D eigenvalue weighted by molar-refractivity contribution is 5.86. The number of hydrogen-bond acceptors (Lipinski definition) is 8. The molecule has 41 heavy (non-hydrogen) atoms. The summed E-state index contributed by atoms with van der Waals surface area (Å²) >= 11 is 0. The van der Waals surface area contributed by atoms with Gasteiger partial charge in [0.05, 0.1) is 30.3 Å². The van der Waals surface area contributed by atoms with Crippen molar-refractivity contribution >= 4 is 23.0 Å². The smallest absolute Gasteiger partial charge is 0.475 e. The topological polar surface area (TPSA) is 170 Å². The lowest BCUT2D eigenvalue weighted by molar-refractivity contribution is -0.192. The Hall–Kier alpha value is -4.19. The van der Waals surface area contributed by atoms with Gasteiger partial charge in [0.1, 0.15) is 6.04 Å². The van der Waals surface area contributed by atoms with Crippen LogP contribution < -0.4 is 16.8 Å². The summed E-state index contributed by atoms with van der Waals surface area (Å²) in [6.07, 6.45) is -3.84. The van der Waals surface area contributed by atoms with Gasteiger partial charge in [0.15, 0.2) is 5.58 Å². The van der Waals surface area contributed by atoms with Gasteiger partial charge in [-0.3, -0.25) is 9.36 Å². The number of hydrogen-bond donors (Lipinski definition) is 3. The largest absolute Gasteiger partial charge is 0.490 e. The van der Waals surface area contributed by atoms with Gasteiger partial charge < -0.3 is 30.0 Å². The summed E-state index contributed by atoms with van der Waals surface area (Å²) < 4.78 is 49.0. The molecule has 0 bridgehead atoms. The lowest BCUT2D eigenvalue weighted by Crippen LogP contribution is -2.58. The third kappa shape index (κ3) is 8.16. The minimum Gasteiger partial charge on any atom is -0.475 e. The van der Waals surface area contributed by atoms with Crippen LogP contribution in [0.15, 0.2) is 51.7 Å². The SMILES string of the molecule is COCCn1c(=O)oc2ccc(-c3ccc(C[C@@H](C#N)NC(=O)C4(N)CCOCC4)cc3)cc21.O=C(O)C(F)(F)F. The van der Waals surface area contributed by atoms with Crippen molar-refractivity contribution in [1.29, 1.82) is 5.26 Å². The van der Waals surface area contributed by atoms with E-state index in [0.717, 1.165) is 16.7 Å². The van der Waals surface area contributed by atoms with Crippen molar-refractivity contribution in [2.24, 2.45) is 5.73 Å². The molecule has 2 aromatic carbocycles. The number of nitrogens with zero attached hydrogens (tertiary/aromatic N) is 2. The van der Waals surface area contributed by atoms with Gasteiger partial charge in [-0.2, -0.15) is 18.4 Å². The number of ether oxygens (including phenoxy) is 2. The van der Waals surface area contributed by atoms with Crippen LogP contribution in [0.2, 0.25) is 0 Å². The number of carbonyl (C=O) groups excluding carboxylic acids is 1. The van der Waals surface area contributed by atoms with E-state index in [1.807, 2.05) is 36.4 Å². The predicted molar refractivity (Wildman–Crippen MR) is 140 cm³/mol. The maximum absolute atomic E-state index is 12.6. The first kappa shape index (κ1) is 31.3. The molecule has 0 spiro atoms. The van der Waals surface area contributed by atoms with Crippen molar-refractivity contribution in [1.82, 2.24) is 9.88 Å². The summed E-state index contributed by atoms with van der Waals surface area (Å²) in [6, 6.07) is 14.8. The molecule has 0 radical (unpaired) electrons. The Kier molecular flexibility index (Phi) is 10.3. The minimum absolute atomic E-state index is 0.313. The molecule has 11 nitrogen and oxygen atoms in total. The molecular weight excluding hydrogens is 549 g/mol. The van der Waals surface area contributed by atoms with E-state index in [0.29, 0.717) is 56.7 Å². The van der Waals surface area contributed by atoms with Gasteiger partial charge in [-0.1, -0.05) is 30.3 Å². The first-order valence-corrected chi connectivity index (χ1v) is 12.5. The molecule has 1 aliphatic heterocycles. The van der Waals surface area contributed by atoms with Crippen molar-refractivity contribution in [2.75, 3.05) is 26.9 Å². The molecule has 1 fully saturated rings. The van der Waals surface area contributed by atoms with Crippen molar-refractivity contribution in [2.45, 2.75) is 43.6 Å². The molecule has 1 atom stereocenters. The molecule has 1 aliphatic rings. The fourth-order valence-corrected chi connectivity index (χ4v) is 4.10. The molecule has 220 valence electrons. The van der Waals surface area contributed by atoms with E-state index in [9.17, 15) is 28.0 Å². The van der Waals surface area contributed by atoms with Crippen molar-refractivity contribution in [3.05, 3.63) is 58.6 Å². The number of alkyl halides is 3. The Morgan fingerprint density at radius 3 is 2.37 bits per heavy atom. The second-order valence-corrected chi connectivity index (χ2v) is 9.32. The fraction of sp³-hybridized carbons (Fsp3) is 0.407. The fourth-order valence-electron chi connectivity index (χ4n) is 4.10. The van der Waals surface area contributed by atoms with Gasteiger partial charge in [0.25, 0.3) is 0 Å². The second-order valence-electron chi connectivity index (χ2n) is 9.32. The number of carboxylic acids is 1. The minimum atomic E-state index is -5.08. The van der Waals surface area contributed by atoms with Gasteiger partial charge in [0.2, 0.25) is 5.91 Å². The molecular formula is C27H29F3N4O7. The first-order chi connectivity index (χ1) is 19.4. The van der Waals surface area contributed by atoms with E-state index in [2.05, 4.69) is 11.4 Å². The van der Waals surface area contributed by atoms with E-state index >= 15 is 0 Å². The highest BCUT2D eigenvalue weighted by Gasteiger charge is 2.38. The predicted octanol–water partition coefficient (Wildman–Crippen LogP) is 2.60. The number of methoxy groups -OCH3 is 1. The molecule has 0 saturated carbocycles. The number of halogens is 3. The Labute approximate surface area is 232 Å². The highest BCUT2D eigenvalue weighted by atomic mass is 19.4. The molecule has 4 N–H and O–H groups in total. The normalized spacial score (nSPS) is 15.3. The summed E-state index contributed by atoms with van der Waals surface area (Å²) in [4.78, 5) is 33.7. The summed E-state index contributed by atoms with van der Waals surface area (Å²) in [6.45, 7) is 1.69. The Morgan fingerprint density at radius 2 is 1.80 bits per heavy atom. The number of aliphatic carboxylic acids is 1. The maximum atomic E-state index is 12.6. The monoisotopic (exact) mass is 578 g/mol. The average Bonchev–Trinajstić information content (AvgIpc) is 3.25. The van der Waals surface area contributed by atoms with Crippen LogP contribution in [0.1, 0.15) is 18.4 Å². The summed E-state index contributed by atoms with van der Waals surface area (Å²) in [5.74, 6) is -3.48. The van der Waals surface area contributed by atoms with E-state index in [1.54, 1.807) is 17.7 Å². The van der Waals surface area contributed by atoms with Crippen LogP contribution in [0.25, 0.3) is 22.2 Å². The molecule has 4 rings (SSSR count). The quantitative estimate of drug-likeness (QED) is 0.364. The number of amides is 1. The number of carbonyl (C=O) groups is 2. The zero-order chi connectivity index (χ0) is 30.2. The van der Waals surface area contributed by atoms with Crippen LogP contribution >= 0.6 is 0 Å². The molecule has 1 aromatic heterocycles. The Bertz CT molecular complexity index is 1450. The zero-order valence-electron chi connectivity index (χ0n) is 22.1. The molecule has 2 heterocycles. The van der Waals surface area contributed by atoms with Gasteiger partial charge in [-0.25, -0.2) is 9.59 Å². The molecule has 0 aliphatic carbocycles. The highest BCUT2D eigenvalue weighted by Crippen LogP contribution is 2.25. The Morgan fingerprint density at radius 1 is 1.20 bits per heavy atom. The number of fused-ring (bicyclic) bond motifs is 1.